The summed E-state index contributed by atoms with van der Waals surface area (Å²) >= 11 is 0. The van der Waals surface area contributed by atoms with Gasteiger partial charge < -0.3 is 34.5 Å². The topological polar surface area (TPSA) is 183 Å². The van der Waals surface area contributed by atoms with Crippen LogP contribution < -0.4 is 20.9 Å². The Hall–Kier alpha value is -6.17. The number of imide groups is 1. The van der Waals surface area contributed by atoms with E-state index < -0.39 is 5.92 Å². The minimum absolute atomic E-state index is 0.0657. The predicted molar refractivity (Wildman–Crippen MR) is 252 cm³/mol. The van der Waals surface area contributed by atoms with Gasteiger partial charge >= 0.3 is 0 Å². The predicted octanol–water partition coefficient (Wildman–Crippen LogP) is 5.39. The van der Waals surface area contributed by atoms with E-state index in [0.717, 1.165) is 97.6 Å². The second-order valence-corrected chi connectivity index (χ2v) is 19.6. The van der Waals surface area contributed by atoms with Crippen LogP contribution >= 0.6 is 0 Å². The summed E-state index contributed by atoms with van der Waals surface area (Å²) in [6.07, 6.45) is 10.5. The number of likely N-dealkylation sites (tertiary alicyclic amines) is 1. The molecule has 5 aromatic rings. The van der Waals surface area contributed by atoms with Gasteiger partial charge in [-0.1, -0.05) is 18.2 Å². The molecule has 0 spiro atoms. The number of benzene rings is 2. The molecule has 6 aliphatic rings. The summed E-state index contributed by atoms with van der Waals surface area (Å²) in [4.78, 5) is 70.7. The minimum Gasteiger partial charge on any atom is -0.444 e. The fourth-order valence-electron chi connectivity index (χ4n) is 10.9. The highest BCUT2D eigenvalue weighted by Crippen LogP contribution is 2.40. The zero-order chi connectivity index (χ0) is 45.8. The Bertz CT molecular complexity index is 2710. The first-order valence-corrected chi connectivity index (χ1v) is 24.1. The zero-order valence-electron chi connectivity index (χ0n) is 38.3. The number of pyridine rings is 1. The van der Waals surface area contributed by atoms with E-state index in [-0.39, 0.29) is 35.4 Å². The number of likely N-dealkylation sites (N-methyl/N-ethyl adjacent to an activating group) is 1. The monoisotopic (exact) mass is 909 g/mol. The number of aryl methyl sites for hydroxylation is 1. The summed E-state index contributed by atoms with van der Waals surface area (Å²) in [5.41, 5.74) is 6.98. The molecule has 1 atom stereocenters. The summed E-state index contributed by atoms with van der Waals surface area (Å²) in [5, 5.41) is 14.8. The van der Waals surface area contributed by atoms with Crippen molar-refractivity contribution in [3.63, 3.8) is 0 Å². The Morgan fingerprint density at radius 2 is 1.78 bits per heavy atom. The molecule has 3 saturated heterocycles. The number of nitrogens with one attached hydrogen (secondary N) is 3. The average Bonchev–Trinajstić information content (AvgIpc) is 3.76. The SMILES string of the molecule is CN(CC1CCC(N2Cc3cc(NC(=O)c4coc(-c5ccnc(NCC6CC6)c5)n4)c(N4CCOCC4)cc3C2=O)CC1)C1CN(Cc2cccc3c(C4CCC(=O)NC4=O)nn(C)c23)C1. The lowest BCUT2D eigenvalue weighted by molar-refractivity contribution is -0.134. The highest BCUT2D eigenvalue weighted by Gasteiger charge is 2.39. The molecule has 0 bridgehead atoms. The average molecular weight is 910 g/mol. The number of piperidine rings is 1. The van der Waals surface area contributed by atoms with Crippen molar-refractivity contribution in [2.75, 3.05) is 75.1 Å². The maximum Gasteiger partial charge on any atom is 0.277 e. The second-order valence-electron chi connectivity index (χ2n) is 19.6. The number of aromatic nitrogens is 4. The van der Waals surface area contributed by atoms with E-state index in [1.165, 1.54) is 24.7 Å². The largest absolute Gasteiger partial charge is 0.444 e. The van der Waals surface area contributed by atoms with E-state index in [1.54, 1.807) is 6.20 Å². The quantitative estimate of drug-likeness (QED) is 0.121. The Labute approximate surface area is 389 Å². The van der Waals surface area contributed by atoms with Gasteiger partial charge in [-0.15, -0.1) is 0 Å². The molecular weight excluding hydrogens is 851 g/mol. The maximum absolute atomic E-state index is 14.2. The van der Waals surface area contributed by atoms with Crippen molar-refractivity contribution in [1.29, 1.82) is 0 Å². The molecule has 4 aliphatic heterocycles. The summed E-state index contributed by atoms with van der Waals surface area (Å²) in [6, 6.07) is 14.6. The number of carbonyl (C=O) groups is 4. The van der Waals surface area contributed by atoms with Gasteiger partial charge in [-0.2, -0.15) is 5.10 Å². The van der Waals surface area contributed by atoms with E-state index in [1.807, 2.05) is 48.1 Å². The molecule has 2 saturated carbocycles. The second kappa shape index (κ2) is 18.1. The number of morpholine rings is 1. The van der Waals surface area contributed by atoms with Crippen LogP contribution in [0, 0.1) is 11.8 Å². The molecule has 4 amide bonds. The van der Waals surface area contributed by atoms with Crippen molar-refractivity contribution in [3.05, 3.63) is 83.0 Å². The molecule has 350 valence electrons. The Morgan fingerprint density at radius 1 is 0.970 bits per heavy atom. The smallest absolute Gasteiger partial charge is 0.277 e. The first-order chi connectivity index (χ1) is 32.6. The van der Waals surface area contributed by atoms with Crippen LogP contribution in [0.4, 0.5) is 17.2 Å². The number of ether oxygens (including phenoxy) is 1. The number of oxazole rings is 1. The summed E-state index contributed by atoms with van der Waals surface area (Å²) < 4.78 is 13.4. The van der Waals surface area contributed by atoms with Crippen molar-refractivity contribution < 1.29 is 28.3 Å². The molecule has 3 N–H and O–H groups in total. The van der Waals surface area contributed by atoms with Gasteiger partial charge in [0.15, 0.2) is 5.69 Å². The zero-order valence-corrected chi connectivity index (χ0v) is 38.3. The Kier molecular flexibility index (Phi) is 11.8. The fourth-order valence-corrected chi connectivity index (χ4v) is 10.9. The van der Waals surface area contributed by atoms with Gasteiger partial charge in [-0.25, -0.2) is 9.97 Å². The molecule has 5 fully saturated rings. The highest BCUT2D eigenvalue weighted by molar-refractivity contribution is 6.07. The summed E-state index contributed by atoms with van der Waals surface area (Å²) in [7, 11) is 4.18. The van der Waals surface area contributed by atoms with Gasteiger partial charge in [0.1, 0.15) is 12.1 Å². The number of hydrogen-bond acceptors (Lipinski definition) is 13. The van der Waals surface area contributed by atoms with E-state index in [2.05, 4.69) is 58.6 Å². The first kappa shape index (κ1) is 43.4. The van der Waals surface area contributed by atoms with Crippen LogP contribution in [0.3, 0.4) is 0 Å². The third kappa shape index (κ3) is 8.91. The molecule has 7 heterocycles. The maximum atomic E-state index is 14.2. The first-order valence-electron chi connectivity index (χ1n) is 24.1. The van der Waals surface area contributed by atoms with Gasteiger partial charge in [0, 0.05) is 101 Å². The van der Waals surface area contributed by atoms with Crippen LogP contribution in [0.15, 0.2) is 59.3 Å². The number of anilines is 3. The van der Waals surface area contributed by atoms with Gasteiger partial charge in [0.25, 0.3) is 11.8 Å². The highest BCUT2D eigenvalue weighted by atomic mass is 16.5. The third-order valence-electron chi connectivity index (χ3n) is 15.0. The molecule has 2 aliphatic carbocycles. The van der Waals surface area contributed by atoms with E-state index in [9.17, 15) is 19.2 Å². The molecule has 2 aromatic carbocycles. The lowest BCUT2D eigenvalue weighted by Gasteiger charge is -2.46. The number of hydrogen-bond donors (Lipinski definition) is 3. The van der Waals surface area contributed by atoms with Gasteiger partial charge in [-0.05, 0) is 99.2 Å². The number of rotatable bonds is 14. The van der Waals surface area contributed by atoms with E-state index in [4.69, 9.17) is 14.3 Å². The van der Waals surface area contributed by atoms with Crippen LogP contribution in [-0.4, -0.2) is 130 Å². The fraction of sp³-hybridized carbons (Fsp3) is 0.500. The Morgan fingerprint density at radius 3 is 2.57 bits per heavy atom. The van der Waals surface area contributed by atoms with Crippen LogP contribution in [0.1, 0.15) is 95.0 Å². The van der Waals surface area contributed by atoms with Crippen molar-refractivity contribution in [1.82, 2.24) is 39.8 Å². The Balaban J connectivity index is 0.693. The van der Waals surface area contributed by atoms with Crippen molar-refractivity contribution in [2.24, 2.45) is 18.9 Å². The molecule has 17 nitrogen and oxygen atoms in total. The number of para-hydroxylation sites is 1. The van der Waals surface area contributed by atoms with Gasteiger partial charge in [0.05, 0.1) is 41.7 Å². The van der Waals surface area contributed by atoms with Crippen molar-refractivity contribution in [2.45, 2.75) is 82.5 Å². The molecular formula is C50H59N11O6. The number of amides is 4. The van der Waals surface area contributed by atoms with Crippen LogP contribution in [0.25, 0.3) is 22.4 Å². The summed E-state index contributed by atoms with van der Waals surface area (Å²) in [6.45, 7) is 7.66. The summed E-state index contributed by atoms with van der Waals surface area (Å²) in [5.74, 6) is 1.16. The minimum atomic E-state index is -0.419. The van der Waals surface area contributed by atoms with E-state index >= 15 is 0 Å². The van der Waals surface area contributed by atoms with Crippen LogP contribution in [0.5, 0.6) is 0 Å². The third-order valence-corrected chi connectivity index (χ3v) is 15.0. The number of carbonyl (C=O) groups excluding carboxylic acids is 4. The van der Waals surface area contributed by atoms with E-state index in [0.29, 0.717) is 80.7 Å². The number of fused-ring (bicyclic) bond motifs is 2. The molecule has 1 unspecified atom stereocenters. The van der Waals surface area contributed by atoms with Gasteiger partial charge in [0.2, 0.25) is 17.7 Å². The molecule has 11 rings (SSSR count). The molecule has 67 heavy (non-hydrogen) atoms. The molecule has 0 radical (unpaired) electrons. The van der Waals surface area contributed by atoms with Crippen molar-refractivity contribution >= 4 is 51.7 Å². The normalized spacial score (nSPS) is 22.6. The van der Waals surface area contributed by atoms with Gasteiger partial charge in [-0.3, -0.25) is 34.1 Å². The molecule has 3 aromatic heterocycles. The lowest BCUT2D eigenvalue weighted by Crippen LogP contribution is -2.58. The molecule has 17 heteroatoms. The van der Waals surface area contributed by atoms with Crippen LogP contribution in [0.2, 0.25) is 0 Å². The standard InChI is InChI=1S/C50H59N11O6/c1-57(36-27-59(28-36)25-33-4-3-5-37-45(56-58(2)46(33)37)38-12-13-44(62)55-47(38)63)24-31-8-10-35(11-9-31)61-26-34-20-40(42(22-39(34)50(61)65)60-16-18-66-19-17-60)53-48(64)41-29-67-49(54-41)32-14-15-51-43(21-32)52-23-30-6-7-30/h3-5,14-15,20-22,29-31,35-36,38H,6-13,16-19,23-28H2,1-2H3,(H,51,52)(H,53,64)(H,55,62,63). The number of nitrogens with zero attached hydrogens (tertiary/aromatic N) is 8. The van der Waals surface area contributed by atoms with Crippen LogP contribution in [-0.2, 0) is 34.5 Å². The van der Waals surface area contributed by atoms with Crippen molar-refractivity contribution in [3.8, 4) is 11.5 Å². The lowest BCUT2D eigenvalue weighted by atomic mass is 9.84.